The number of hydrogen-bond donors (Lipinski definition) is 2. The summed E-state index contributed by atoms with van der Waals surface area (Å²) in [6.07, 6.45) is 0. The number of aliphatic hydroxyl groups is 2. The van der Waals surface area contributed by atoms with Gasteiger partial charge in [-0.05, 0) is 57.9 Å². The maximum Gasteiger partial charge on any atom is 0.128 e. The van der Waals surface area contributed by atoms with Crippen LogP contribution in [-0.4, -0.2) is 36.6 Å². The minimum Gasteiger partial charge on any atom is -0.491 e. The van der Waals surface area contributed by atoms with Gasteiger partial charge in [0.15, 0.2) is 0 Å². The van der Waals surface area contributed by atoms with Crippen LogP contribution in [0.4, 0.5) is 0 Å². The third kappa shape index (κ3) is 4.18. The van der Waals surface area contributed by atoms with Crippen molar-refractivity contribution >= 4 is 53.4 Å². The van der Waals surface area contributed by atoms with E-state index in [1.54, 1.807) is 0 Å². The summed E-state index contributed by atoms with van der Waals surface area (Å²) in [6.45, 7) is 0.235. The summed E-state index contributed by atoms with van der Waals surface area (Å²) in [7, 11) is 0. The second kappa shape index (κ2) is 9.35. The van der Waals surface area contributed by atoms with E-state index in [9.17, 15) is 10.2 Å². The molecular weight excluding hydrogens is 512 g/mol. The van der Waals surface area contributed by atoms with Crippen molar-refractivity contribution in [2.45, 2.75) is 0 Å². The number of halogens is 2. The quantitative estimate of drug-likeness (QED) is 0.310. The van der Waals surface area contributed by atoms with Crippen molar-refractivity contribution in [2.75, 3.05) is 26.4 Å². The lowest BCUT2D eigenvalue weighted by atomic mass is 9.92. The van der Waals surface area contributed by atoms with Crippen molar-refractivity contribution in [1.82, 2.24) is 0 Å². The van der Waals surface area contributed by atoms with E-state index in [0.29, 0.717) is 11.5 Å². The van der Waals surface area contributed by atoms with Crippen molar-refractivity contribution in [3.05, 3.63) is 69.6 Å². The molecule has 0 saturated heterocycles. The van der Waals surface area contributed by atoms with Gasteiger partial charge in [0.2, 0.25) is 0 Å². The molecule has 4 aromatic rings. The zero-order chi connectivity index (χ0) is 21.1. The molecule has 0 aliphatic carbocycles. The smallest absolute Gasteiger partial charge is 0.128 e. The Labute approximate surface area is 191 Å². The summed E-state index contributed by atoms with van der Waals surface area (Å²) in [5.41, 5.74) is 1.80. The Kier molecular flexibility index (Phi) is 6.58. The first-order valence-corrected chi connectivity index (χ1v) is 11.1. The van der Waals surface area contributed by atoms with E-state index < -0.39 is 0 Å². The number of fused-ring (bicyclic) bond motifs is 2. The standard InChI is InChI=1S/C24H20Br2O4/c25-17-3-5-19-15(13-17)1-7-21(29-11-9-27)23(19)24-20-6-4-18(26)14-16(20)2-8-22(24)30-12-10-28/h1-8,13-14,27-28H,9-12H2. The summed E-state index contributed by atoms with van der Waals surface area (Å²) in [5.74, 6) is 1.34. The largest absolute Gasteiger partial charge is 0.491 e. The Bertz CT molecular complexity index is 1110. The van der Waals surface area contributed by atoms with Crippen LogP contribution in [0.15, 0.2) is 69.6 Å². The van der Waals surface area contributed by atoms with E-state index in [0.717, 1.165) is 41.6 Å². The summed E-state index contributed by atoms with van der Waals surface area (Å²) < 4.78 is 13.8. The van der Waals surface area contributed by atoms with Crippen LogP contribution in [0.1, 0.15) is 0 Å². The molecule has 4 rings (SSSR count). The molecule has 4 nitrogen and oxygen atoms in total. The van der Waals surface area contributed by atoms with Gasteiger partial charge in [-0.1, -0.05) is 56.1 Å². The molecule has 30 heavy (non-hydrogen) atoms. The molecule has 0 saturated carbocycles. The van der Waals surface area contributed by atoms with Gasteiger partial charge in [-0.15, -0.1) is 0 Å². The minimum atomic E-state index is -0.0752. The fourth-order valence-corrected chi connectivity index (χ4v) is 4.39. The van der Waals surface area contributed by atoms with Crippen LogP contribution in [0.3, 0.4) is 0 Å². The van der Waals surface area contributed by atoms with Crippen LogP contribution in [0.5, 0.6) is 11.5 Å². The van der Waals surface area contributed by atoms with Crippen molar-refractivity contribution in [3.8, 4) is 22.6 Å². The fourth-order valence-electron chi connectivity index (χ4n) is 3.63. The van der Waals surface area contributed by atoms with Gasteiger partial charge in [0, 0.05) is 20.1 Å². The molecule has 0 spiro atoms. The molecule has 0 heterocycles. The van der Waals surface area contributed by atoms with Gasteiger partial charge in [0.05, 0.1) is 13.2 Å². The van der Waals surface area contributed by atoms with E-state index in [2.05, 4.69) is 44.0 Å². The molecule has 0 fully saturated rings. The molecule has 0 aliphatic rings. The maximum atomic E-state index is 9.32. The molecule has 0 amide bonds. The van der Waals surface area contributed by atoms with Gasteiger partial charge in [0.1, 0.15) is 24.7 Å². The average molecular weight is 532 g/mol. The van der Waals surface area contributed by atoms with E-state index in [1.807, 2.05) is 48.5 Å². The van der Waals surface area contributed by atoms with E-state index in [-0.39, 0.29) is 26.4 Å². The van der Waals surface area contributed by atoms with Crippen LogP contribution >= 0.6 is 31.9 Å². The normalized spacial score (nSPS) is 11.2. The van der Waals surface area contributed by atoms with Crippen LogP contribution in [0, 0.1) is 0 Å². The lowest BCUT2D eigenvalue weighted by molar-refractivity contribution is 0.200. The predicted octanol–water partition coefficient (Wildman–Crippen LogP) is 5.93. The molecule has 0 unspecified atom stereocenters. The van der Waals surface area contributed by atoms with Gasteiger partial charge in [-0.3, -0.25) is 0 Å². The number of rotatable bonds is 7. The Balaban J connectivity index is 2.09. The second-order valence-electron chi connectivity index (χ2n) is 6.75. The lowest BCUT2D eigenvalue weighted by Crippen LogP contribution is -2.05. The van der Waals surface area contributed by atoms with Crippen LogP contribution in [-0.2, 0) is 0 Å². The van der Waals surface area contributed by atoms with Crippen LogP contribution in [0.25, 0.3) is 32.7 Å². The Morgan fingerprint density at radius 2 is 1.03 bits per heavy atom. The zero-order valence-corrected chi connectivity index (χ0v) is 19.2. The van der Waals surface area contributed by atoms with E-state index >= 15 is 0 Å². The van der Waals surface area contributed by atoms with Gasteiger partial charge in [-0.2, -0.15) is 0 Å². The zero-order valence-electron chi connectivity index (χ0n) is 16.1. The third-order valence-electron chi connectivity index (χ3n) is 4.83. The van der Waals surface area contributed by atoms with Crippen molar-refractivity contribution in [3.63, 3.8) is 0 Å². The maximum absolute atomic E-state index is 9.32. The molecule has 154 valence electrons. The van der Waals surface area contributed by atoms with Gasteiger partial charge >= 0.3 is 0 Å². The molecule has 2 N–H and O–H groups in total. The summed E-state index contributed by atoms with van der Waals surface area (Å²) in [6, 6.07) is 20.1. The van der Waals surface area contributed by atoms with Crippen LogP contribution in [0.2, 0.25) is 0 Å². The summed E-state index contributed by atoms with van der Waals surface area (Å²) in [4.78, 5) is 0. The molecule has 0 aromatic heterocycles. The molecule has 0 bridgehead atoms. The van der Waals surface area contributed by atoms with Gasteiger partial charge < -0.3 is 19.7 Å². The molecule has 0 radical (unpaired) electrons. The first-order chi connectivity index (χ1) is 14.6. The van der Waals surface area contributed by atoms with Gasteiger partial charge in [0.25, 0.3) is 0 Å². The molecule has 4 aromatic carbocycles. The van der Waals surface area contributed by atoms with Crippen molar-refractivity contribution in [1.29, 1.82) is 0 Å². The monoisotopic (exact) mass is 530 g/mol. The number of aliphatic hydroxyl groups excluding tert-OH is 2. The predicted molar refractivity (Wildman–Crippen MR) is 127 cm³/mol. The van der Waals surface area contributed by atoms with Gasteiger partial charge in [-0.25, -0.2) is 0 Å². The molecule has 0 aliphatic heterocycles. The summed E-state index contributed by atoms with van der Waals surface area (Å²) in [5, 5.41) is 22.8. The fraction of sp³-hybridized carbons (Fsp3) is 0.167. The van der Waals surface area contributed by atoms with E-state index in [1.165, 1.54) is 0 Å². The highest BCUT2D eigenvalue weighted by molar-refractivity contribution is 9.10. The van der Waals surface area contributed by atoms with E-state index in [4.69, 9.17) is 9.47 Å². The van der Waals surface area contributed by atoms with Crippen LogP contribution < -0.4 is 9.47 Å². The number of benzene rings is 4. The first-order valence-electron chi connectivity index (χ1n) is 9.54. The number of hydrogen-bond acceptors (Lipinski definition) is 4. The number of ether oxygens (including phenoxy) is 2. The highest BCUT2D eigenvalue weighted by Gasteiger charge is 2.19. The lowest BCUT2D eigenvalue weighted by Gasteiger charge is -2.19. The highest BCUT2D eigenvalue weighted by atomic mass is 79.9. The topological polar surface area (TPSA) is 58.9 Å². The van der Waals surface area contributed by atoms with Crippen molar-refractivity contribution < 1.29 is 19.7 Å². The molecule has 0 atom stereocenters. The third-order valence-corrected chi connectivity index (χ3v) is 5.82. The molecule has 6 heteroatoms. The Morgan fingerprint density at radius 3 is 1.43 bits per heavy atom. The molecular formula is C24H20Br2O4. The Morgan fingerprint density at radius 1 is 0.600 bits per heavy atom. The summed E-state index contributed by atoms with van der Waals surface area (Å²) >= 11 is 7.10. The average Bonchev–Trinajstić information content (AvgIpc) is 2.75. The second-order valence-corrected chi connectivity index (χ2v) is 8.58. The first kappa shape index (κ1) is 21.1. The highest BCUT2D eigenvalue weighted by Crippen LogP contribution is 2.46. The van der Waals surface area contributed by atoms with Crippen molar-refractivity contribution in [2.24, 2.45) is 0 Å². The SMILES string of the molecule is OCCOc1ccc2cc(Br)ccc2c1-c1c(OCCO)ccc2cc(Br)ccc12. The minimum absolute atomic E-state index is 0.0752. The Hall–Kier alpha value is -2.12.